The number of ether oxygens (including phenoxy) is 2. The molecular weight excluding hydrogens is 444 g/mol. The number of hydrogen-bond donors (Lipinski definition) is 0. The third kappa shape index (κ3) is 5.70. The highest BCUT2D eigenvalue weighted by Crippen LogP contribution is 2.67. The number of carbonyl (C=O) groups is 1. The lowest BCUT2D eigenvalue weighted by molar-refractivity contribution is -0.0618. The molecule has 0 saturated heterocycles. The van der Waals surface area contributed by atoms with Crippen LogP contribution in [0.4, 0.5) is 4.79 Å². The molecule has 3 saturated carbocycles. The van der Waals surface area contributed by atoms with Crippen LogP contribution in [0.5, 0.6) is 0 Å². The van der Waals surface area contributed by atoms with E-state index in [9.17, 15) is 4.79 Å². The minimum atomic E-state index is -0.466. The quantitative estimate of drug-likeness (QED) is 0.233. The lowest BCUT2D eigenvalue weighted by Gasteiger charge is -2.58. The molecule has 206 valence electrons. The highest BCUT2D eigenvalue weighted by molar-refractivity contribution is 5.60. The van der Waals surface area contributed by atoms with Gasteiger partial charge in [-0.05, 0) is 104 Å². The minimum Gasteiger partial charge on any atom is -0.434 e. The Kier molecular flexibility index (Phi) is 8.88. The van der Waals surface area contributed by atoms with E-state index in [4.69, 9.17) is 9.47 Å². The van der Waals surface area contributed by atoms with Crippen molar-refractivity contribution in [2.75, 3.05) is 6.61 Å². The molecule has 3 nitrogen and oxygen atoms in total. The van der Waals surface area contributed by atoms with Crippen LogP contribution in [0.1, 0.15) is 126 Å². The minimum absolute atomic E-state index is 0.0103. The Balaban J connectivity index is 1.37. The molecule has 0 aromatic rings. The highest BCUT2D eigenvalue weighted by Gasteiger charge is 2.59. The second-order valence-electron chi connectivity index (χ2n) is 14.6. The molecule has 4 aliphatic rings. The summed E-state index contributed by atoms with van der Waals surface area (Å²) in [5, 5.41) is 0. The number of fused-ring (bicyclic) bond motifs is 5. The lowest BCUT2D eigenvalue weighted by Crippen LogP contribution is -2.51. The average Bonchev–Trinajstić information content (AvgIpc) is 3.16. The Morgan fingerprint density at radius 3 is 2.42 bits per heavy atom. The number of rotatable bonds is 9. The van der Waals surface area contributed by atoms with E-state index >= 15 is 0 Å². The molecule has 0 radical (unpaired) electrons. The topological polar surface area (TPSA) is 35.5 Å². The summed E-state index contributed by atoms with van der Waals surface area (Å²) in [7, 11) is 0. The van der Waals surface area contributed by atoms with E-state index in [-0.39, 0.29) is 6.10 Å². The van der Waals surface area contributed by atoms with Gasteiger partial charge in [-0.15, -0.1) is 0 Å². The molecular formula is C33H56O3. The first kappa shape index (κ1) is 28.0. The second kappa shape index (κ2) is 11.4. The van der Waals surface area contributed by atoms with Crippen LogP contribution >= 0.6 is 0 Å². The maximum atomic E-state index is 12.2. The van der Waals surface area contributed by atoms with E-state index in [2.05, 4.69) is 54.5 Å². The molecule has 4 rings (SSSR count). The van der Waals surface area contributed by atoms with Crippen LogP contribution in [-0.2, 0) is 9.47 Å². The number of carbonyl (C=O) groups excluding carboxylic acids is 1. The predicted molar refractivity (Wildman–Crippen MR) is 149 cm³/mol. The number of allylic oxidation sites excluding steroid dienone is 1. The van der Waals surface area contributed by atoms with Crippen LogP contribution in [0, 0.1) is 52.3 Å². The van der Waals surface area contributed by atoms with Gasteiger partial charge in [0.1, 0.15) is 6.10 Å². The average molecular weight is 501 g/mol. The monoisotopic (exact) mass is 500 g/mol. The van der Waals surface area contributed by atoms with Gasteiger partial charge in [-0.25, -0.2) is 4.79 Å². The molecule has 0 unspecified atom stereocenters. The molecule has 0 aliphatic heterocycles. The van der Waals surface area contributed by atoms with E-state index < -0.39 is 6.16 Å². The van der Waals surface area contributed by atoms with Crippen molar-refractivity contribution in [2.24, 2.45) is 52.3 Å². The molecule has 36 heavy (non-hydrogen) atoms. The fraction of sp³-hybridized carbons (Fsp3) is 0.909. The zero-order chi connectivity index (χ0) is 26.1. The van der Waals surface area contributed by atoms with E-state index in [0.717, 1.165) is 61.2 Å². The first-order valence-electron chi connectivity index (χ1n) is 15.6. The van der Waals surface area contributed by atoms with E-state index in [0.29, 0.717) is 23.4 Å². The van der Waals surface area contributed by atoms with E-state index in [1.54, 1.807) is 5.57 Å². The van der Waals surface area contributed by atoms with Crippen molar-refractivity contribution in [3.63, 3.8) is 0 Å². The molecule has 3 fully saturated rings. The van der Waals surface area contributed by atoms with Crippen LogP contribution in [0.3, 0.4) is 0 Å². The van der Waals surface area contributed by atoms with Crippen LogP contribution in [0.25, 0.3) is 0 Å². The number of hydrogen-bond acceptors (Lipinski definition) is 3. The fourth-order valence-corrected chi connectivity index (χ4v) is 9.30. The summed E-state index contributed by atoms with van der Waals surface area (Å²) in [4.78, 5) is 12.2. The summed E-state index contributed by atoms with van der Waals surface area (Å²) in [5.74, 6) is 5.71. The van der Waals surface area contributed by atoms with Gasteiger partial charge in [-0.3, -0.25) is 0 Å². The van der Waals surface area contributed by atoms with Gasteiger partial charge < -0.3 is 9.47 Å². The first-order chi connectivity index (χ1) is 17.0. The third-order valence-electron chi connectivity index (χ3n) is 11.4. The van der Waals surface area contributed by atoms with Crippen molar-refractivity contribution in [2.45, 2.75) is 132 Å². The largest absolute Gasteiger partial charge is 0.508 e. The van der Waals surface area contributed by atoms with Gasteiger partial charge in [0.15, 0.2) is 0 Å². The molecule has 0 amide bonds. The van der Waals surface area contributed by atoms with Crippen molar-refractivity contribution >= 4 is 6.16 Å². The lowest BCUT2D eigenvalue weighted by atomic mass is 9.47. The third-order valence-corrected chi connectivity index (χ3v) is 11.4. The van der Waals surface area contributed by atoms with Crippen molar-refractivity contribution < 1.29 is 14.3 Å². The van der Waals surface area contributed by atoms with Gasteiger partial charge in [0, 0.05) is 6.42 Å². The van der Waals surface area contributed by atoms with Gasteiger partial charge in [0.05, 0.1) is 6.61 Å². The Morgan fingerprint density at radius 1 is 0.944 bits per heavy atom. The van der Waals surface area contributed by atoms with Crippen LogP contribution < -0.4 is 0 Å². The second-order valence-corrected chi connectivity index (χ2v) is 14.6. The molecule has 8 atom stereocenters. The predicted octanol–water partition coefficient (Wildman–Crippen LogP) is 9.60. The standard InChI is InChI=1S/C33H56O3/c1-22(2)9-8-10-24(5)28-13-14-29-27-12-11-25-21-26(36-31(34)35-20-17-23(3)4)15-18-32(25,6)30(27)16-19-33(28,29)7/h11,22-24,26-30H,8-10,12-21H2,1-7H3/t24-,26-,27+,28-,29+,30+,32+,33-/m1/s1. The fourth-order valence-electron chi connectivity index (χ4n) is 9.30. The zero-order valence-electron chi connectivity index (χ0n) is 24.6. The molecule has 0 N–H and O–H groups in total. The maximum absolute atomic E-state index is 12.2. The summed E-state index contributed by atoms with van der Waals surface area (Å²) in [6.07, 6.45) is 17.2. The van der Waals surface area contributed by atoms with Crippen molar-refractivity contribution in [3.8, 4) is 0 Å². The smallest absolute Gasteiger partial charge is 0.434 e. The van der Waals surface area contributed by atoms with Gasteiger partial charge in [-0.1, -0.05) is 79.4 Å². The molecule has 0 spiro atoms. The molecule has 3 heteroatoms. The van der Waals surface area contributed by atoms with Gasteiger partial charge in [0.2, 0.25) is 0 Å². The van der Waals surface area contributed by atoms with Crippen molar-refractivity contribution in [1.29, 1.82) is 0 Å². The van der Waals surface area contributed by atoms with Gasteiger partial charge in [0.25, 0.3) is 0 Å². The molecule has 0 heterocycles. The molecule has 0 aromatic carbocycles. The summed E-state index contributed by atoms with van der Waals surface area (Å²) >= 11 is 0. The maximum Gasteiger partial charge on any atom is 0.508 e. The normalized spacial score (nSPS) is 38.7. The highest BCUT2D eigenvalue weighted by atomic mass is 16.7. The van der Waals surface area contributed by atoms with E-state index in [1.807, 2.05) is 0 Å². The van der Waals surface area contributed by atoms with Crippen molar-refractivity contribution in [1.82, 2.24) is 0 Å². The van der Waals surface area contributed by atoms with Crippen LogP contribution in [-0.4, -0.2) is 18.9 Å². The molecule has 4 aliphatic carbocycles. The first-order valence-corrected chi connectivity index (χ1v) is 15.6. The van der Waals surface area contributed by atoms with Gasteiger partial charge in [-0.2, -0.15) is 0 Å². The Hall–Kier alpha value is -0.990. The van der Waals surface area contributed by atoms with Gasteiger partial charge >= 0.3 is 6.16 Å². The van der Waals surface area contributed by atoms with Crippen molar-refractivity contribution in [3.05, 3.63) is 11.6 Å². The Labute approximate surface area is 222 Å². The van der Waals surface area contributed by atoms with E-state index in [1.165, 1.54) is 51.4 Å². The summed E-state index contributed by atoms with van der Waals surface area (Å²) in [6.45, 7) is 17.3. The summed E-state index contributed by atoms with van der Waals surface area (Å²) < 4.78 is 11.1. The zero-order valence-corrected chi connectivity index (χ0v) is 24.6. The molecule has 0 aromatic heterocycles. The van der Waals surface area contributed by atoms with Crippen LogP contribution in [0.15, 0.2) is 11.6 Å². The Bertz CT molecular complexity index is 784. The SMILES string of the molecule is CC(C)CCC[C@@H](C)[C@H]1CC[C@H]2[C@@H]3CC=C4C[C@H](OC(=O)OCCC(C)C)CC[C@]4(C)[C@H]3CC[C@]12C. The summed E-state index contributed by atoms with van der Waals surface area (Å²) in [5.41, 5.74) is 2.42. The summed E-state index contributed by atoms with van der Waals surface area (Å²) in [6, 6.07) is 0. The molecule has 0 bridgehead atoms. The Morgan fingerprint density at radius 2 is 1.69 bits per heavy atom. The van der Waals surface area contributed by atoms with Crippen LogP contribution in [0.2, 0.25) is 0 Å².